The molecule has 2 aromatic heterocycles. The fourth-order valence-electron chi connectivity index (χ4n) is 2.79. The van der Waals surface area contributed by atoms with Gasteiger partial charge in [0.2, 0.25) is 5.91 Å². The summed E-state index contributed by atoms with van der Waals surface area (Å²) in [5, 5.41) is 2.12. The van der Waals surface area contributed by atoms with Gasteiger partial charge in [0, 0.05) is 36.4 Å². The zero-order valence-electron chi connectivity index (χ0n) is 13.0. The van der Waals surface area contributed by atoms with Gasteiger partial charge in [-0.15, -0.1) is 11.3 Å². The van der Waals surface area contributed by atoms with Gasteiger partial charge < -0.3 is 4.90 Å². The van der Waals surface area contributed by atoms with E-state index >= 15 is 0 Å². The Balaban J connectivity index is 1.60. The second-order valence-corrected chi connectivity index (χ2v) is 6.81. The first-order chi connectivity index (χ1) is 10.6. The number of amides is 1. The second-order valence-electron chi connectivity index (χ2n) is 5.81. The van der Waals surface area contributed by atoms with Crippen LogP contribution in [0.15, 0.2) is 36.0 Å². The summed E-state index contributed by atoms with van der Waals surface area (Å²) >= 11 is 1.80. The van der Waals surface area contributed by atoms with E-state index in [-0.39, 0.29) is 11.9 Å². The van der Waals surface area contributed by atoms with Crippen molar-refractivity contribution in [2.24, 2.45) is 0 Å². The maximum absolute atomic E-state index is 12.5. The molecule has 0 saturated heterocycles. The van der Waals surface area contributed by atoms with Crippen LogP contribution >= 0.6 is 11.3 Å². The Hall–Kier alpha value is -1.72. The van der Waals surface area contributed by atoms with E-state index in [1.807, 2.05) is 24.2 Å². The minimum atomic E-state index is 0.180. The summed E-state index contributed by atoms with van der Waals surface area (Å²) in [5.74, 6) is 0.204. The Morgan fingerprint density at radius 2 is 2.36 bits per heavy atom. The summed E-state index contributed by atoms with van der Waals surface area (Å²) in [4.78, 5) is 22.2. The SMILES string of the molecule is C[C@H](c1cccnc1)N(C)CC(=O)N1CCc2sccc2C1. The van der Waals surface area contributed by atoms with E-state index in [0.717, 1.165) is 25.1 Å². The maximum Gasteiger partial charge on any atom is 0.237 e. The van der Waals surface area contributed by atoms with Crippen molar-refractivity contribution in [3.63, 3.8) is 0 Å². The summed E-state index contributed by atoms with van der Waals surface area (Å²) in [6.07, 6.45) is 4.62. The summed E-state index contributed by atoms with van der Waals surface area (Å²) in [6.45, 7) is 4.14. The van der Waals surface area contributed by atoms with Crippen LogP contribution < -0.4 is 0 Å². The van der Waals surface area contributed by atoms with Gasteiger partial charge in [-0.3, -0.25) is 14.7 Å². The van der Waals surface area contributed by atoms with E-state index in [0.29, 0.717) is 6.54 Å². The molecule has 0 aromatic carbocycles. The van der Waals surface area contributed by atoms with Gasteiger partial charge in [0.15, 0.2) is 0 Å². The van der Waals surface area contributed by atoms with Crippen molar-refractivity contribution in [3.8, 4) is 0 Å². The molecular weight excluding hydrogens is 294 g/mol. The highest BCUT2D eigenvalue weighted by Crippen LogP contribution is 2.24. The first kappa shape index (κ1) is 15.2. The quantitative estimate of drug-likeness (QED) is 0.870. The molecule has 1 aliphatic rings. The van der Waals surface area contributed by atoms with E-state index in [1.165, 1.54) is 10.4 Å². The standard InChI is InChI=1S/C17H21N3OS/c1-13(14-4-3-7-18-10-14)19(2)12-17(21)20-8-5-16-15(11-20)6-9-22-16/h3-4,6-7,9-10,13H,5,8,11-12H2,1-2H3/t13-/m1/s1. The van der Waals surface area contributed by atoms with Crippen LogP contribution in [0, 0.1) is 0 Å². The van der Waals surface area contributed by atoms with Crippen LogP contribution in [0.2, 0.25) is 0 Å². The van der Waals surface area contributed by atoms with E-state index in [4.69, 9.17) is 0 Å². The second kappa shape index (κ2) is 6.58. The third kappa shape index (κ3) is 3.20. The Kier molecular flexibility index (Phi) is 4.55. The van der Waals surface area contributed by atoms with E-state index in [9.17, 15) is 4.79 Å². The molecule has 4 nitrogen and oxygen atoms in total. The number of hydrogen-bond donors (Lipinski definition) is 0. The maximum atomic E-state index is 12.5. The number of rotatable bonds is 4. The number of aromatic nitrogens is 1. The molecule has 5 heteroatoms. The summed E-state index contributed by atoms with van der Waals surface area (Å²) < 4.78 is 0. The first-order valence-corrected chi connectivity index (χ1v) is 8.46. The normalized spacial score (nSPS) is 15.7. The predicted octanol–water partition coefficient (Wildman–Crippen LogP) is 2.72. The number of nitrogens with zero attached hydrogens (tertiary/aromatic N) is 3. The third-order valence-electron chi connectivity index (χ3n) is 4.37. The molecule has 0 saturated carbocycles. The molecule has 1 aliphatic heterocycles. The van der Waals surface area contributed by atoms with Gasteiger partial charge in [-0.25, -0.2) is 0 Å². The molecule has 22 heavy (non-hydrogen) atoms. The van der Waals surface area contributed by atoms with Crippen molar-refractivity contribution in [2.75, 3.05) is 20.1 Å². The van der Waals surface area contributed by atoms with Crippen molar-refractivity contribution in [2.45, 2.75) is 25.9 Å². The molecule has 3 rings (SSSR count). The van der Waals surface area contributed by atoms with Crippen molar-refractivity contribution in [1.82, 2.24) is 14.8 Å². The van der Waals surface area contributed by atoms with Crippen LogP contribution in [0.25, 0.3) is 0 Å². The highest BCUT2D eigenvalue weighted by atomic mass is 32.1. The molecule has 0 fully saturated rings. The van der Waals surface area contributed by atoms with Crippen molar-refractivity contribution in [1.29, 1.82) is 0 Å². The highest BCUT2D eigenvalue weighted by molar-refractivity contribution is 7.10. The van der Waals surface area contributed by atoms with Gasteiger partial charge in [-0.2, -0.15) is 0 Å². The summed E-state index contributed by atoms with van der Waals surface area (Å²) in [5.41, 5.74) is 2.45. The van der Waals surface area contributed by atoms with E-state index < -0.39 is 0 Å². The molecule has 0 aliphatic carbocycles. The number of likely N-dealkylation sites (N-methyl/N-ethyl adjacent to an activating group) is 1. The molecule has 0 N–H and O–H groups in total. The molecule has 0 bridgehead atoms. The molecule has 1 amide bonds. The van der Waals surface area contributed by atoms with Crippen LogP contribution in [-0.4, -0.2) is 40.8 Å². The smallest absolute Gasteiger partial charge is 0.237 e. The topological polar surface area (TPSA) is 36.4 Å². The van der Waals surface area contributed by atoms with Crippen molar-refractivity contribution >= 4 is 17.2 Å². The Morgan fingerprint density at radius 1 is 1.50 bits per heavy atom. The zero-order valence-corrected chi connectivity index (χ0v) is 13.8. The minimum absolute atomic E-state index is 0.180. The highest BCUT2D eigenvalue weighted by Gasteiger charge is 2.23. The molecule has 3 heterocycles. The fourth-order valence-corrected chi connectivity index (χ4v) is 3.68. The number of hydrogen-bond acceptors (Lipinski definition) is 4. The summed E-state index contributed by atoms with van der Waals surface area (Å²) in [6, 6.07) is 6.31. The molecule has 1 atom stereocenters. The Bertz CT molecular complexity index is 640. The molecule has 116 valence electrons. The van der Waals surface area contributed by atoms with Crippen molar-refractivity contribution < 1.29 is 4.79 Å². The predicted molar refractivity (Wildman–Crippen MR) is 88.7 cm³/mol. The van der Waals surface area contributed by atoms with Gasteiger partial charge in [-0.1, -0.05) is 6.07 Å². The van der Waals surface area contributed by atoms with Gasteiger partial charge in [-0.05, 0) is 49.0 Å². The van der Waals surface area contributed by atoms with Gasteiger partial charge >= 0.3 is 0 Å². The van der Waals surface area contributed by atoms with Crippen LogP contribution in [0.4, 0.5) is 0 Å². The fraction of sp³-hybridized carbons (Fsp3) is 0.412. The van der Waals surface area contributed by atoms with Crippen molar-refractivity contribution in [3.05, 3.63) is 52.0 Å². The number of fused-ring (bicyclic) bond motifs is 1. The Morgan fingerprint density at radius 3 is 3.14 bits per heavy atom. The van der Waals surface area contributed by atoms with Gasteiger partial charge in [0.05, 0.1) is 6.54 Å². The molecule has 2 aromatic rings. The number of carbonyl (C=O) groups is 1. The number of pyridine rings is 1. The van der Waals surface area contributed by atoms with Crippen LogP contribution in [0.5, 0.6) is 0 Å². The van der Waals surface area contributed by atoms with Crippen LogP contribution in [0.3, 0.4) is 0 Å². The lowest BCUT2D eigenvalue weighted by Crippen LogP contribution is -2.41. The van der Waals surface area contributed by atoms with Crippen LogP contribution in [0.1, 0.15) is 29.0 Å². The molecular formula is C17H21N3OS. The minimum Gasteiger partial charge on any atom is -0.337 e. The monoisotopic (exact) mass is 315 g/mol. The largest absolute Gasteiger partial charge is 0.337 e. The number of carbonyl (C=O) groups excluding carboxylic acids is 1. The summed E-state index contributed by atoms with van der Waals surface area (Å²) in [7, 11) is 2.00. The molecule has 0 spiro atoms. The van der Waals surface area contributed by atoms with E-state index in [1.54, 1.807) is 17.5 Å². The van der Waals surface area contributed by atoms with Gasteiger partial charge in [0.25, 0.3) is 0 Å². The average molecular weight is 315 g/mol. The Labute approximate surface area is 135 Å². The van der Waals surface area contributed by atoms with Crippen LogP contribution in [-0.2, 0) is 17.8 Å². The lowest BCUT2D eigenvalue weighted by molar-refractivity contribution is -0.133. The average Bonchev–Trinajstić information content (AvgIpc) is 3.02. The molecule has 0 radical (unpaired) electrons. The lowest BCUT2D eigenvalue weighted by atomic mass is 10.1. The first-order valence-electron chi connectivity index (χ1n) is 7.58. The van der Waals surface area contributed by atoms with Gasteiger partial charge in [0.1, 0.15) is 0 Å². The third-order valence-corrected chi connectivity index (χ3v) is 5.40. The lowest BCUT2D eigenvalue weighted by Gasteiger charge is -2.31. The van der Waals surface area contributed by atoms with E-state index in [2.05, 4.69) is 34.3 Å². The number of thiophene rings is 1. The zero-order chi connectivity index (χ0) is 15.5. The molecule has 0 unspecified atom stereocenters.